The molecule has 0 aromatic heterocycles. The minimum absolute atomic E-state index is 0.339. The molecule has 0 saturated heterocycles. The topological polar surface area (TPSA) is 52.3 Å². The van der Waals surface area contributed by atoms with Crippen LogP contribution < -0.4 is 5.73 Å². The number of allylic oxidation sites excluding steroid dienone is 3. The number of nitrogens with two attached hydrogens (primary N) is 1. The van der Waals surface area contributed by atoms with Crippen molar-refractivity contribution in [1.29, 1.82) is 0 Å². The van der Waals surface area contributed by atoms with Gasteiger partial charge in [0, 0.05) is 24.5 Å². The fourth-order valence-corrected chi connectivity index (χ4v) is 3.20. The Labute approximate surface area is 126 Å². The summed E-state index contributed by atoms with van der Waals surface area (Å²) in [4.78, 5) is 11.5. The van der Waals surface area contributed by atoms with Crippen LogP contribution in [-0.2, 0) is 9.53 Å². The van der Waals surface area contributed by atoms with Gasteiger partial charge in [0.25, 0.3) is 0 Å². The lowest BCUT2D eigenvalue weighted by Gasteiger charge is -2.09. The van der Waals surface area contributed by atoms with Crippen LogP contribution >= 0.6 is 11.8 Å². The Morgan fingerprint density at radius 3 is 3.05 bits per heavy atom. The minimum atomic E-state index is -0.339. The third-order valence-electron chi connectivity index (χ3n) is 3.12. The monoisotopic (exact) mass is 295 g/mol. The number of thioether (sulfide) groups is 1. The van der Waals surface area contributed by atoms with E-state index in [2.05, 4.69) is 12.2 Å². The van der Waals surface area contributed by atoms with Crippen molar-refractivity contribution in [2.75, 3.05) is 19.5 Å². The summed E-state index contributed by atoms with van der Waals surface area (Å²) < 4.78 is 5.06. The van der Waals surface area contributed by atoms with Crippen LogP contribution in [0.25, 0.3) is 0 Å². The first-order valence-electron chi connectivity index (χ1n) is 7.18. The number of rotatable bonds is 8. The molecule has 1 aliphatic rings. The van der Waals surface area contributed by atoms with Crippen molar-refractivity contribution in [3.8, 4) is 0 Å². The lowest BCUT2D eigenvalue weighted by atomic mass is 10.0. The SMILES string of the molecule is CC/C=C(\C(N)=O)C1=CCCC(SCCCOC)C=C1. The molecule has 1 aliphatic carbocycles. The number of amides is 1. The summed E-state index contributed by atoms with van der Waals surface area (Å²) in [5, 5.41) is 0.511. The van der Waals surface area contributed by atoms with Crippen LogP contribution in [0.5, 0.6) is 0 Å². The lowest BCUT2D eigenvalue weighted by molar-refractivity contribution is -0.114. The average molecular weight is 295 g/mol. The molecule has 20 heavy (non-hydrogen) atoms. The molecule has 0 bridgehead atoms. The number of ether oxygens (including phenoxy) is 1. The number of hydrogen-bond donors (Lipinski definition) is 1. The Balaban J connectivity index is 2.58. The molecule has 0 heterocycles. The lowest BCUT2D eigenvalue weighted by Crippen LogP contribution is -2.15. The molecule has 0 spiro atoms. The van der Waals surface area contributed by atoms with Crippen LogP contribution in [-0.4, -0.2) is 30.6 Å². The fourth-order valence-electron chi connectivity index (χ4n) is 2.12. The van der Waals surface area contributed by atoms with Gasteiger partial charge in [-0.15, -0.1) is 0 Å². The molecule has 1 atom stereocenters. The Morgan fingerprint density at radius 1 is 1.60 bits per heavy atom. The molecule has 0 saturated carbocycles. The van der Waals surface area contributed by atoms with Crippen molar-refractivity contribution in [2.24, 2.45) is 5.73 Å². The van der Waals surface area contributed by atoms with Gasteiger partial charge in [0.05, 0.1) is 0 Å². The Kier molecular flexibility index (Phi) is 8.38. The summed E-state index contributed by atoms with van der Waals surface area (Å²) >= 11 is 1.95. The molecule has 0 aliphatic heterocycles. The maximum Gasteiger partial charge on any atom is 0.248 e. The van der Waals surface area contributed by atoms with E-state index in [1.54, 1.807) is 7.11 Å². The average Bonchev–Trinajstić information content (AvgIpc) is 2.66. The van der Waals surface area contributed by atoms with Gasteiger partial charge in [-0.3, -0.25) is 4.79 Å². The van der Waals surface area contributed by atoms with Gasteiger partial charge in [-0.25, -0.2) is 0 Å². The first-order chi connectivity index (χ1) is 9.69. The van der Waals surface area contributed by atoms with Crippen molar-refractivity contribution in [3.63, 3.8) is 0 Å². The first-order valence-corrected chi connectivity index (χ1v) is 8.23. The third kappa shape index (κ3) is 5.97. The second-order valence-electron chi connectivity index (χ2n) is 4.74. The standard InChI is InChI=1S/C16H25NO2S/c1-3-6-15(16(17)18)13-7-4-8-14(10-9-13)20-12-5-11-19-2/h6-7,9-10,14H,3-5,8,11-12H2,1-2H3,(H2,17,18)/b15-6-. The molecule has 3 nitrogen and oxygen atoms in total. The molecule has 0 radical (unpaired) electrons. The predicted molar refractivity (Wildman–Crippen MR) is 86.8 cm³/mol. The maximum atomic E-state index is 11.5. The predicted octanol–water partition coefficient (Wildman–Crippen LogP) is 3.22. The minimum Gasteiger partial charge on any atom is -0.385 e. The van der Waals surface area contributed by atoms with Crippen LogP contribution in [0.2, 0.25) is 0 Å². The highest BCUT2D eigenvalue weighted by molar-refractivity contribution is 8.00. The highest BCUT2D eigenvalue weighted by Gasteiger charge is 2.13. The van der Waals surface area contributed by atoms with Crippen LogP contribution in [0.4, 0.5) is 0 Å². The van der Waals surface area contributed by atoms with E-state index in [1.165, 1.54) is 0 Å². The number of carbonyl (C=O) groups excluding carboxylic acids is 1. The van der Waals surface area contributed by atoms with Gasteiger partial charge in [-0.2, -0.15) is 11.8 Å². The Hall–Kier alpha value is -1.00. The second-order valence-corrected chi connectivity index (χ2v) is 6.09. The van der Waals surface area contributed by atoms with Gasteiger partial charge >= 0.3 is 0 Å². The zero-order chi connectivity index (χ0) is 14.8. The van der Waals surface area contributed by atoms with E-state index in [-0.39, 0.29) is 5.91 Å². The van der Waals surface area contributed by atoms with Gasteiger partial charge in [0.1, 0.15) is 0 Å². The van der Waals surface area contributed by atoms with Crippen molar-refractivity contribution in [2.45, 2.75) is 37.9 Å². The maximum absolute atomic E-state index is 11.5. The molecule has 4 heteroatoms. The molecular weight excluding hydrogens is 270 g/mol. The first kappa shape index (κ1) is 17.1. The summed E-state index contributed by atoms with van der Waals surface area (Å²) in [5.74, 6) is 0.764. The van der Waals surface area contributed by atoms with E-state index in [0.717, 1.165) is 43.6 Å². The largest absolute Gasteiger partial charge is 0.385 e. The zero-order valence-corrected chi connectivity index (χ0v) is 13.2. The molecule has 0 aromatic rings. The molecule has 1 amide bonds. The zero-order valence-electron chi connectivity index (χ0n) is 12.4. The highest BCUT2D eigenvalue weighted by Crippen LogP contribution is 2.25. The molecule has 1 rings (SSSR count). The van der Waals surface area contributed by atoms with E-state index in [9.17, 15) is 4.79 Å². The molecular formula is C16H25NO2S. The van der Waals surface area contributed by atoms with E-state index in [0.29, 0.717) is 10.8 Å². The quantitative estimate of drug-likeness (QED) is 0.552. The number of hydrogen-bond acceptors (Lipinski definition) is 3. The van der Waals surface area contributed by atoms with Crippen LogP contribution in [0.15, 0.2) is 35.5 Å². The molecule has 0 fully saturated rings. The fraction of sp³-hybridized carbons (Fsp3) is 0.562. The molecule has 2 N–H and O–H groups in total. The van der Waals surface area contributed by atoms with Gasteiger partial charge in [0.15, 0.2) is 0 Å². The van der Waals surface area contributed by atoms with Gasteiger partial charge in [0.2, 0.25) is 5.91 Å². The van der Waals surface area contributed by atoms with Crippen molar-refractivity contribution < 1.29 is 9.53 Å². The van der Waals surface area contributed by atoms with Crippen molar-refractivity contribution >= 4 is 17.7 Å². The van der Waals surface area contributed by atoms with Gasteiger partial charge < -0.3 is 10.5 Å². The van der Waals surface area contributed by atoms with E-state index in [1.807, 2.05) is 30.8 Å². The second kappa shape index (κ2) is 9.83. The summed E-state index contributed by atoms with van der Waals surface area (Å²) in [5.41, 5.74) is 7.07. The van der Waals surface area contributed by atoms with Crippen molar-refractivity contribution in [3.05, 3.63) is 35.5 Å². The summed E-state index contributed by atoms with van der Waals surface area (Å²) in [6.45, 7) is 2.83. The molecule has 112 valence electrons. The van der Waals surface area contributed by atoms with Crippen LogP contribution in [0, 0.1) is 0 Å². The Bertz CT molecular complexity index is 399. The Morgan fingerprint density at radius 2 is 2.40 bits per heavy atom. The van der Waals surface area contributed by atoms with Crippen LogP contribution in [0.1, 0.15) is 32.6 Å². The number of primary amides is 1. The third-order valence-corrected chi connectivity index (χ3v) is 4.46. The van der Waals surface area contributed by atoms with E-state index in [4.69, 9.17) is 10.5 Å². The highest BCUT2D eigenvalue weighted by atomic mass is 32.2. The summed E-state index contributed by atoms with van der Waals surface area (Å²) in [6, 6.07) is 0. The van der Waals surface area contributed by atoms with Crippen molar-refractivity contribution in [1.82, 2.24) is 0 Å². The van der Waals surface area contributed by atoms with E-state index >= 15 is 0 Å². The van der Waals surface area contributed by atoms with Gasteiger partial charge in [-0.1, -0.05) is 31.2 Å². The van der Waals surface area contributed by atoms with E-state index < -0.39 is 0 Å². The number of carbonyl (C=O) groups is 1. The summed E-state index contributed by atoms with van der Waals surface area (Å²) in [7, 11) is 1.73. The normalized spacial score (nSPS) is 19.6. The van der Waals surface area contributed by atoms with Gasteiger partial charge in [-0.05, 0) is 37.0 Å². The molecule has 0 aromatic carbocycles. The molecule has 1 unspecified atom stereocenters. The smallest absolute Gasteiger partial charge is 0.248 e. The number of methoxy groups -OCH3 is 1. The summed E-state index contributed by atoms with van der Waals surface area (Å²) in [6.07, 6.45) is 12.3. The van der Waals surface area contributed by atoms with Crippen LogP contribution in [0.3, 0.4) is 0 Å².